The Morgan fingerprint density at radius 1 is 0.848 bits per heavy atom. The molecule has 1 unspecified atom stereocenters. The Morgan fingerprint density at radius 2 is 1.42 bits per heavy atom. The number of para-hydroxylation sites is 1. The molecule has 33 heavy (non-hydrogen) atoms. The number of nitrogens with one attached hydrogen (secondary N) is 1. The van der Waals surface area contributed by atoms with Crippen LogP contribution in [0.2, 0.25) is 0 Å². The number of ether oxygens (including phenoxy) is 2. The van der Waals surface area contributed by atoms with E-state index in [2.05, 4.69) is 5.32 Å². The summed E-state index contributed by atoms with van der Waals surface area (Å²) < 4.78 is 58.8. The highest BCUT2D eigenvalue weighted by molar-refractivity contribution is 7.91. The van der Waals surface area contributed by atoms with Gasteiger partial charge >= 0.3 is 11.7 Å². The van der Waals surface area contributed by atoms with Gasteiger partial charge in [0.1, 0.15) is 11.5 Å². The van der Waals surface area contributed by atoms with Crippen molar-refractivity contribution in [2.75, 3.05) is 5.32 Å². The molecule has 1 atom stereocenters. The molecule has 172 valence electrons. The van der Waals surface area contributed by atoms with Gasteiger partial charge in [0.15, 0.2) is 6.10 Å². The quantitative estimate of drug-likeness (QED) is 0.476. The third kappa shape index (κ3) is 6.13. The monoisotopic (exact) mass is 475 g/mol. The lowest BCUT2D eigenvalue weighted by Crippen LogP contribution is -2.30. The Labute approximate surface area is 188 Å². The number of carbonyl (C=O) groups is 2. The Balaban J connectivity index is 1.56. The minimum Gasteiger partial charge on any atom is -0.457 e. The molecule has 0 radical (unpaired) electrons. The second-order valence-electron chi connectivity index (χ2n) is 6.81. The molecule has 0 aliphatic heterocycles. The van der Waals surface area contributed by atoms with Gasteiger partial charge in [-0.1, -0.05) is 18.2 Å². The topological polar surface area (TPSA) is 98.8 Å². The predicted molar refractivity (Wildman–Crippen MR) is 116 cm³/mol. The van der Waals surface area contributed by atoms with Crippen LogP contribution < -0.4 is 10.1 Å². The first-order valence-electron chi connectivity index (χ1n) is 9.64. The highest BCUT2D eigenvalue weighted by Gasteiger charge is 2.27. The van der Waals surface area contributed by atoms with Crippen LogP contribution in [0.25, 0.3) is 0 Å². The van der Waals surface area contributed by atoms with Crippen molar-refractivity contribution in [1.82, 2.24) is 0 Å². The molecule has 3 aromatic rings. The number of anilines is 1. The first kappa shape index (κ1) is 23.9. The maximum atomic E-state index is 12.6. The molecule has 0 aromatic heterocycles. The summed E-state index contributed by atoms with van der Waals surface area (Å²) in [4.78, 5) is 23.9. The molecule has 0 fully saturated rings. The number of hydrogen-bond donors (Lipinski definition) is 1. The van der Waals surface area contributed by atoms with Crippen molar-refractivity contribution in [3.05, 3.63) is 84.4 Å². The lowest BCUT2D eigenvalue weighted by Gasteiger charge is -2.14. The molecule has 0 spiro atoms. The van der Waals surface area contributed by atoms with Crippen LogP contribution in [-0.2, 0) is 19.4 Å². The van der Waals surface area contributed by atoms with Crippen molar-refractivity contribution in [2.45, 2.75) is 23.7 Å². The first-order chi connectivity index (χ1) is 15.7. The van der Waals surface area contributed by atoms with E-state index in [9.17, 15) is 26.8 Å². The largest absolute Gasteiger partial charge is 0.457 e. The SMILES string of the molecule is CC(OC(=O)c1ccc(S(=O)(=O)C(F)F)cc1)C(=O)Nc1ccc(Oc2ccccc2)cc1. The number of esters is 1. The standard InChI is InChI=1S/C23H19F2NO6S/c1-15(31-22(28)16-7-13-20(14-8-16)33(29,30)23(24)25)21(27)26-17-9-11-19(12-10-17)32-18-5-3-2-4-6-18/h2-15,23H,1H3,(H,26,27). The fourth-order valence-corrected chi connectivity index (χ4v) is 3.36. The number of carbonyl (C=O) groups excluding carboxylic acids is 2. The zero-order valence-electron chi connectivity index (χ0n) is 17.3. The van der Waals surface area contributed by atoms with E-state index >= 15 is 0 Å². The molecular formula is C23H19F2NO6S. The van der Waals surface area contributed by atoms with E-state index in [4.69, 9.17) is 9.47 Å². The predicted octanol–water partition coefficient (Wildman–Crippen LogP) is 4.66. The van der Waals surface area contributed by atoms with Crippen molar-refractivity contribution in [3.8, 4) is 11.5 Å². The van der Waals surface area contributed by atoms with Gasteiger partial charge in [-0.15, -0.1) is 0 Å². The van der Waals surface area contributed by atoms with E-state index in [0.29, 0.717) is 17.2 Å². The summed E-state index contributed by atoms with van der Waals surface area (Å²) in [6.45, 7) is 1.36. The van der Waals surface area contributed by atoms with Crippen LogP contribution in [0.4, 0.5) is 14.5 Å². The van der Waals surface area contributed by atoms with Gasteiger partial charge in [-0.25, -0.2) is 13.2 Å². The third-order valence-electron chi connectivity index (χ3n) is 4.41. The summed E-state index contributed by atoms with van der Waals surface area (Å²) in [7, 11) is -4.77. The Bertz CT molecular complexity index is 1210. The van der Waals surface area contributed by atoms with E-state index in [1.807, 2.05) is 18.2 Å². The van der Waals surface area contributed by atoms with Gasteiger partial charge in [-0.05, 0) is 67.6 Å². The van der Waals surface area contributed by atoms with Crippen molar-refractivity contribution in [3.63, 3.8) is 0 Å². The van der Waals surface area contributed by atoms with E-state index in [1.54, 1.807) is 36.4 Å². The molecule has 0 heterocycles. The third-order valence-corrected chi connectivity index (χ3v) is 5.81. The summed E-state index contributed by atoms with van der Waals surface area (Å²) in [5.74, 6) is -3.86. The van der Waals surface area contributed by atoms with Crippen LogP contribution >= 0.6 is 0 Å². The van der Waals surface area contributed by atoms with Crippen LogP contribution in [-0.4, -0.2) is 32.2 Å². The van der Waals surface area contributed by atoms with E-state index in [0.717, 1.165) is 24.3 Å². The fourth-order valence-electron chi connectivity index (χ4n) is 2.64. The zero-order chi connectivity index (χ0) is 24.0. The number of hydrogen-bond acceptors (Lipinski definition) is 6. The lowest BCUT2D eigenvalue weighted by molar-refractivity contribution is -0.123. The van der Waals surface area contributed by atoms with Gasteiger partial charge in [0, 0.05) is 5.69 Å². The molecule has 1 amide bonds. The van der Waals surface area contributed by atoms with Gasteiger partial charge < -0.3 is 14.8 Å². The summed E-state index contributed by atoms with van der Waals surface area (Å²) in [6, 6.07) is 19.5. The number of benzene rings is 3. The first-order valence-corrected chi connectivity index (χ1v) is 11.2. The summed E-state index contributed by atoms with van der Waals surface area (Å²) in [6.07, 6.45) is -1.18. The highest BCUT2D eigenvalue weighted by Crippen LogP contribution is 2.23. The molecule has 0 saturated heterocycles. The van der Waals surface area contributed by atoms with E-state index in [1.165, 1.54) is 6.92 Å². The molecule has 10 heteroatoms. The number of halogens is 2. The zero-order valence-corrected chi connectivity index (χ0v) is 18.1. The maximum Gasteiger partial charge on any atom is 0.341 e. The number of amides is 1. The summed E-state index contributed by atoms with van der Waals surface area (Å²) in [5, 5.41) is 2.60. The molecule has 0 saturated carbocycles. The fraction of sp³-hybridized carbons (Fsp3) is 0.130. The van der Waals surface area contributed by atoms with Crippen molar-refractivity contribution >= 4 is 27.4 Å². The van der Waals surface area contributed by atoms with Crippen LogP contribution in [0.3, 0.4) is 0 Å². The Morgan fingerprint density at radius 3 is 2.00 bits per heavy atom. The minimum atomic E-state index is -4.77. The van der Waals surface area contributed by atoms with Crippen LogP contribution in [0, 0.1) is 0 Å². The maximum absolute atomic E-state index is 12.6. The van der Waals surface area contributed by atoms with Crippen molar-refractivity contribution in [2.24, 2.45) is 0 Å². The van der Waals surface area contributed by atoms with Crippen molar-refractivity contribution in [1.29, 1.82) is 0 Å². The summed E-state index contributed by atoms with van der Waals surface area (Å²) >= 11 is 0. The average Bonchev–Trinajstić information content (AvgIpc) is 2.81. The van der Waals surface area contributed by atoms with Gasteiger partial charge in [0.25, 0.3) is 5.91 Å². The molecule has 1 N–H and O–H groups in total. The van der Waals surface area contributed by atoms with Crippen LogP contribution in [0.5, 0.6) is 11.5 Å². The van der Waals surface area contributed by atoms with Crippen LogP contribution in [0.1, 0.15) is 17.3 Å². The molecule has 0 bridgehead atoms. The van der Waals surface area contributed by atoms with E-state index < -0.39 is 38.5 Å². The molecule has 3 aromatic carbocycles. The van der Waals surface area contributed by atoms with E-state index in [-0.39, 0.29) is 5.56 Å². The van der Waals surface area contributed by atoms with Gasteiger partial charge in [-0.2, -0.15) is 8.78 Å². The highest BCUT2D eigenvalue weighted by atomic mass is 32.2. The smallest absolute Gasteiger partial charge is 0.341 e. The molecule has 0 aliphatic carbocycles. The molecule has 0 aliphatic rings. The molecule has 3 rings (SSSR count). The van der Waals surface area contributed by atoms with Gasteiger partial charge in [0.2, 0.25) is 9.84 Å². The number of alkyl halides is 2. The molecule has 7 nitrogen and oxygen atoms in total. The minimum absolute atomic E-state index is 0.0923. The number of sulfone groups is 1. The molecular weight excluding hydrogens is 456 g/mol. The number of rotatable bonds is 8. The summed E-state index contributed by atoms with van der Waals surface area (Å²) in [5.41, 5.74) is 0.357. The van der Waals surface area contributed by atoms with Gasteiger partial charge in [-0.3, -0.25) is 4.79 Å². The van der Waals surface area contributed by atoms with Crippen molar-refractivity contribution < 1.29 is 36.3 Å². The van der Waals surface area contributed by atoms with Gasteiger partial charge in [0.05, 0.1) is 10.5 Å². The lowest BCUT2D eigenvalue weighted by atomic mass is 10.2. The second kappa shape index (κ2) is 10.2. The van der Waals surface area contributed by atoms with Crippen LogP contribution in [0.15, 0.2) is 83.8 Å². The average molecular weight is 475 g/mol. The Kier molecular flexibility index (Phi) is 7.39. The second-order valence-corrected chi connectivity index (χ2v) is 8.72. The Hall–Kier alpha value is -3.79. The normalized spacial score (nSPS) is 12.1.